The van der Waals surface area contributed by atoms with Crippen molar-refractivity contribution in [2.45, 2.75) is 11.8 Å². The molecule has 128 valence electrons. The Morgan fingerprint density at radius 3 is 2.88 bits per heavy atom. The van der Waals surface area contributed by atoms with Crippen LogP contribution < -0.4 is 5.32 Å². The summed E-state index contributed by atoms with van der Waals surface area (Å²) in [6, 6.07) is 3.54. The van der Waals surface area contributed by atoms with Crippen LogP contribution in [0.1, 0.15) is 5.56 Å². The zero-order valence-corrected chi connectivity index (χ0v) is 14.7. The standard InChI is InChI=1S/C15H12FN5O2S2/c1-6-10(7-5-18-21-12(7)13(11(6)16)25(22)23)8-3-4-9-14(19-8)24-15(17-2)20-9/h3-5H,1-2H3,(H,17,20)(H,18,21)(H,22,23)/p-1. The van der Waals surface area contributed by atoms with Crippen LogP contribution in [0.15, 0.2) is 23.2 Å². The number of nitrogens with one attached hydrogen (secondary N) is 2. The number of thiazole rings is 1. The number of aromatic amines is 1. The van der Waals surface area contributed by atoms with Crippen LogP contribution in [-0.4, -0.2) is 36.0 Å². The molecule has 0 bridgehead atoms. The maximum Gasteiger partial charge on any atom is 0.185 e. The summed E-state index contributed by atoms with van der Waals surface area (Å²) in [5.41, 5.74) is 2.12. The van der Waals surface area contributed by atoms with Gasteiger partial charge in [0.15, 0.2) is 5.13 Å². The third-order valence-electron chi connectivity index (χ3n) is 3.93. The van der Waals surface area contributed by atoms with Gasteiger partial charge in [-0.1, -0.05) is 11.3 Å². The number of halogens is 1. The Labute approximate surface area is 147 Å². The quantitative estimate of drug-likeness (QED) is 0.533. The molecule has 0 saturated carbocycles. The van der Waals surface area contributed by atoms with Crippen LogP contribution in [0.2, 0.25) is 0 Å². The summed E-state index contributed by atoms with van der Waals surface area (Å²) >= 11 is -1.34. The zero-order chi connectivity index (χ0) is 17.7. The smallest absolute Gasteiger partial charge is 0.185 e. The monoisotopic (exact) mass is 376 g/mol. The largest absolute Gasteiger partial charge is 0.768 e. The van der Waals surface area contributed by atoms with Crippen molar-refractivity contribution in [3.8, 4) is 11.3 Å². The molecule has 0 spiro atoms. The van der Waals surface area contributed by atoms with Crippen LogP contribution in [-0.2, 0) is 11.1 Å². The van der Waals surface area contributed by atoms with Gasteiger partial charge in [-0.05, 0) is 35.7 Å². The zero-order valence-electron chi connectivity index (χ0n) is 13.1. The number of anilines is 1. The SMILES string of the molecule is CNc1nc2ccc(-c3c(C)c(F)c(S(=O)[O-])c4[nH]ncc34)nc2s1. The molecule has 10 heteroatoms. The predicted molar refractivity (Wildman–Crippen MR) is 93.9 cm³/mol. The van der Waals surface area contributed by atoms with Crippen LogP contribution in [0, 0.1) is 12.7 Å². The Balaban J connectivity index is 2.04. The van der Waals surface area contributed by atoms with E-state index >= 15 is 0 Å². The fourth-order valence-electron chi connectivity index (χ4n) is 2.79. The lowest BCUT2D eigenvalue weighted by atomic mass is 10.00. The van der Waals surface area contributed by atoms with E-state index in [-0.39, 0.29) is 11.1 Å². The number of nitrogens with zero attached hydrogens (tertiary/aromatic N) is 3. The maximum atomic E-state index is 14.7. The molecule has 0 amide bonds. The molecule has 0 saturated heterocycles. The molecular weight excluding hydrogens is 365 g/mol. The van der Waals surface area contributed by atoms with Gasteiger partial charge in [-0.25, -0.2) is 14.4 Å². The van der Waals surface area contributed by atoms with Gasteiger partial charge in [-0.3, -0.25) is 9.31 Å². The highest BCUT2D eigenvalue weighted by Gasteiger charge is 2.21. The summed E-state index contributed by atoms with van der Waals surface area (Å²) in [5.74, 6) is -0.804. The van der Waals surface area contributed by atoms with Crippen molar-refractivity contribution >= 4 is 48.8 Å². The number of H-pyrrole nitrogens is 1. The molecule has 0 aliphatic carbocycles. The van der Waals surface area contributed by atoms with Crippen molar-refractivity contribution in [3.63, 3.8) is 0 Å². The fraction of sp³-hybridized carbons (Fsp3) is 0.133. The number of aromatic nitrogens is 4. The minimum atomic E-state index is -2.72. The summed E-state index contributed by atoms with van der Waals surface area (Å²) in [6.07, 6.45) is 1.48. The van der Waals surface area contributed by atoms with Crippen LogP contribution in [0.3, 0.4) is 0 Å². The van der Waals surface area contributed by atoms with E-state index in [0.29, 0.717) is 21.5 Å². The van der Waals surface area contributed by atoms with Crippen molar-refractivity contribution in [3.05, 3.63) is 29.7 Å². The van der Waals surface area contributed by atoms with E-state index in [9.17, 15) is 13.2 Å². The van der Waals surface area contributed by atoms with Crippen LogP contribution in [0.4, 0.5) is 9.52 Å². The molecule has 25 heavy (non-hydrogen) atoms. The minimum Gasteiger partial charge on any atom is -0.768 e. The second kappa shape index (κ2) is 5.83. The molecule has 4 aromatic rings. The lowest BCUT2D eigenvalue weighted by Gasteiger charge is -2.14. The second-order valence-electron chi connectivity index (χ2n) is 5.33. The Kier molecular flexibility index (Phi) is 3.74. The first-order valence-electron chi connectivity index (χ1n) is 7.21. The Morgan fingerprint density at radius 2 is 2.16 bits per heavy atom. The molecule has 1 unspecified atom stereocenters. The van der Waals surface area contributed by atoms with E-state index in [1.54, 1.807) is 19.2 Å². The average Bonchev–Trinajstić information content (AvgIpc) is 3.21. The summed E-state index contributed by atoms with van der Waals surface area (Å²) in [5, 5.41) is 10.6. The van der Waals surface area contributed by atoms with Gasteiger partial charge < -0.3 is 9.87 Å². The van der Waals surface area contributed by atoms with Crippen molar-refractivity contribution in [2.75, 3.05) is 12.4 Å². The number of benzene rings is 1. The molecule has 4 rings (SSSR count). The van der Waals surface area contributed by atoms with Crippen LogP contribution >= 0.6 is 11.3 Å². The lowest BCUT2D eigenvalue weighted by molar-refractivity contribution is 0.523. The molecule has 7 nitrogen and oxygen atoms in total. The van der Waals surface area contributed by atoms with E-state index in [4.69, 9.17) is 0 Å². The average molecular weight is 376 g/mol. The third kappa shape index (κ3) is 2.41. The molecule has 1 atom stereocenters. The molecule has 2 N–H and O–H groups in total. The highest BCUT2D eigenvalue weighted by molar-refractivity contribution is 7.79. The summed E-state index contributed by atoms with van der Waals surface area (Å²) in [4.78, 5) is 9.23. The first kappa shape index (κ1) is 16.1. The topological polar surface area (TPSA) is 107 Å². The van der Waals surface area contributed by atoms with Crippen molar-refractivity contribution in [1.29, 1.82) is 0 Å². The lowest BCUT2D eigenvalue weighted by Crippen LogP contribution is -2.01. The Bertz CT molecular complexity index is 1150. The van der Waals surface area contributed by atoms with Gasteiger partial charge in [0.1, 0.15) is 16.2 Å². The van der Waals surface area contributed by atoms with E-state index in [0.717, 1.165) is 10.6 Å². The molecule has 0 aliphatic rings. The summed E-state index contributed by atoms with van der Waals surface area (Å²) < 4.78 is 37.5. The van der Waals surface area contributed by atoms with Gasteiger partial charge in [0.2, 0.25) is 0 Å². The fourth-order valence-corrected chi connectivity index (χ4v) is 4.20. The molecule has 1 aromatic carbocycles. The van der Waals surface area contributed by atoms with Gasteiger partial charge in [0.25, 0.3) is 0 Å². The first-order valence-corrected chi connectivity index (χ1v) is 9.10. The van der Waals surface area contributed by atoms with Gasteiger partial charge in [0, 0.05) is 18.0 Å². The van der Waals surface area contributed by atoms with Crippen LogP contribution in [0.5, 0.6) is 0 Å². The molecule has 0 radical (unpaired) electrons. The summed E-state index contributed by atoms with van der Waals surface area (Å²) in [6.45, 7) is 1.53. The number of rotatable bonds is 3. The highest BCUT2D eigenvalue weighted by Crippen LogP contribution is 2.37. The molecule has 3 heterocycles. The number of hydrogen-bond donors (Lipinski definition) is 2. The number of hydrogen-bond acceptors (Lipinski definition) is 7. The van der Waals surface area contributed by atoms with E-state index in [1.165, 1.54) is 24.5 Å². The third-order valence-corrected chi connectivity index (χ3v) is 5.63. The van der Waals surface area contributed by atoms with Crippen LogP contribution in [0.25, 0.3) is 32.5 Å². The van der Waals surface area contributed by atoms with E-state index < -0.39 is 21.8 Å². The Morgan fingerprint density at radius 1 is 1.36 bits per heavy atom. The van der Waals surface area contributed by atoms with Gasteiger partial charge >= 0.3 is 0 Å². The number of fused-ring (bicyclic) bond motifs is 2. The molecular formula is C15H11FN5O2S2-. The molecule has 3 aromatic heterocycles. The van der Waals surface area contributed by atoms with E-state index in [2.05, 4.69) is 25.5 Å². The molecule has 0 fully saturated rings. The van der Waals surface area contributed by atoms with Gasteiger partial charge in [-0.2, -0.15) is 5.10 Å². The predicted octanol–water partition coefficient (Wildman–Crippen LogP) is 2.96. The second-order valence-corrected chi connectivity index (χ2v) is 7.18. The summed E-state index contributed by atoms with van der Waals surface area (Å²) in [7, 11) is 1.77. The normalized spacial score (nSPS) is 12.8. The van der Waals surface area contributed by atoms with Gasteiger partial charge in [0.05, 0.1) is 22.3 Å². The van der Waals surface area contributed by atoms with Crippen molar-refractivity contribution in [1.82, 2.24) is 20.2 Å². The highest BCUT2D eigenvalue weighted by atomic mass is 32.2. The van der Waals surface area contributed by atoms with Crippen molar-refractivity contribution < 1.29 is 13.2 Å². The van der Waals surface area contributed by atoms with E-state index in [1.807, 2.05) is 0 Å². The maximum absolute atomic E-state index is 14.7. The Hall–Kier alpha value is -2.43. The first-order chi connectivity index (χ1) is 12.0. The minimum absolute atomic E-state index is 0.133. The van der Waals surface area contributed by atoms with Crippen molar-refractivity contribution in [2.24, 2.45) is 0 Å². The number of pyridine rings is 1. The van der Waals surface area contributed by atoms with Gasteiger partial charge in [-0.15, -0.1) is 0 Å². The molecule has 0 aliphatic heterocycles.